The van der Waals surface area contributed by atoms with E-state index in [2.05, 4.69) is 13.8 Å². The lowest BCUT2D eigenvalue weighted by Gasteiger charge is -2.31. The van der Waals surface area contributed by atoms with E-state index in [0.29, 0.717) is 0 Å². The monoisotopic (exact) mass is 154 g/mol. The van der Waals surface area contributed by atoms with Gasteiger partial charge in [-0.15, -0.1) is 0 Å². The number of likely N-dealkylation sites (tertiary alicyclic amines) is 1. The second kappa shape index (κ2) is 5.15. The second-order valence-electron chi connectivity index (χ2n) is 3.13. The minimum atomic E-state index is 1.34. The molecular weight excluding hydrogens is 136 g/mol. The maximum absolute atomic E-state index is 6.25. The van der Waals surface area contributed by atoms with E-state index in [1.165, 1.54) is 43.5 Å². The molecule has 2 nitrogen and oxygen atoms in total. The van der Waals surface area contributed by atoms with E-state index in [1.54, 1.807) is 0 Å². The largest absolute Gasteiger partial charge is 0.512 e. The Hall–Kier alpha value is -0.550. The summed E-state index contributed by atoms with van der Waals surface area (Å²) in [6.45, 7) is 14.9. The highest BCUT2D eigenvalue weighted by Gasteiger charge is 2.27. The Kier molecular flexibility index (Phi) is 4.89. The van der Waals surface area contributed by atoms with E-state index in [0.717, 1.165) is 0 Å². The van der Waals surface area contributed by atoms with Crippen LogP contribution in [0, 0.1) is 11.8 Å². The molecule has 1 heterocycles. The van der Waals surface area contributed by atoms with Crippen LogP contribution in [0.5, 0.6) is 0 Å². The Balaban J connectivity index is 0.000000461. The van der Waals surface area contributed by atoms with E-state index in [9.17, 15) is 0 Å². The lowest BCUT2D eigenvalue weighted by Crippen LogP contribution is -2.44. The SMILES string of the molecule is CC[N+]1(CC)CCCC1.[C-]#N. The molecule has 0 bridgehead atoms. The van der Waals surface area contributed by atoms with Gasteiger partial charge in [-0.2, -0.15) is 0 Å². The molecule has 0 N–H and O–H groups in total. The molecule has 0 aromatic carbocycles. The van der Waals surface area contributed by atoms with Crippen molar-refractivity contribution in [1.82, 2.24) is 0 Å². The van der Waals surface area contributed by atoms with Crippen molar-refractivity contribution >= 4 is 0 Å². The van der Waals surface area contributed by atoms with Gasteiger partial charge in [0.15, 0.2) is 0 Å². The van der Waals surface area contributed by atoms with Crippen LogP contribution in [0.25, 0.3) is 0 Å². The van der Waals surface area contributed by atoms with Crippen molar-refractivity contribution in [2.24, 2.45) is 0 Å². The first-order valence-electron chi connectivity index (χ1n) is 4.40. The minimum Gasteiger partial charge on any atom is -0.512 e. The third-order valence-electron chi connectivity index (χ3n) is 2.86. The summed E-state index contributed by atoms with van der Waals surface area (Å²) >= 11 is 0. The van der Waals surface area contributed by atoms with Crippen LogP contribution >= 0.6 is 0 Å². The molecule has 0 atom stereocenters. The van der Waals surface area contributed by atoms with E-state index in [-0.39, 0.29) is 0 Å². The van der Waals surface area contributed by atoms with Crippen molar-refractivity contribution in [2.75, 3.05) is 26.2 Å². The van der Waals surface area contributed by atoms with Crippen LogP contribution < -0.4 is 0 Å². The molecule has 0 unspecified atom stereocenters. The Bertz CT molecular complexity index is 106. The topological polar surface area (TPSA) is 23.8 Å². The van der Waals surface area contributed by atoms with Crippen LogP contribution in [-0.2, 0) is 0 Å². The maximum Gasteiger partial charge on any atom is 0.0788 e. The molecule has 1 aliphatic rings. The number of rotatable bonds is 2. The van der Waals surface area contributed by atoms with E-state index in [4.69, 9.17) is 11.8 Å². The first-order chi connectivity index (χ1) is 5.33. The van der Waals surface area contributed by atoms with Gasteiger partial charge in [-0.1, -0.05) is 0 Å². The molecule has 1 fully saturated rings. The molecule has 0 aromatic heterocycles. The van der Waals surface area contributed by atoms with Crippen molar-refractivity contribution in [1.29, 1.82) is 5.26 Å². The van der Waals surface area contributed by atoms with Crippen LogP contribution in [0.1, 0.15) is 26.7 Å². The van der Waals surface area contributed by atoms with Crippen molar-refractivity contribution in [3.8, 4) is 0 Å². The van der Waals surface area contributed by atoms with Gasteiger partial charge in [0.1, 0.15) is 0 Å². The van der Waals surface area contributed by atoms with Gasteiger partial charge in [0.05, 0.1) is 26.2 Å². The third kappa shape index (κ3) is 2.51. The Morgan fingerprint density at radius 2 is 1.45 bits per heavy atom. The lowest BCUT2D eigenvalue weighted by molar-refractivity contribution is -0.913. The van der Waals surface area contributed by atoms with Gasteiger partial charge < -0.3 is 16.3 Å². The summed E-state index contributed by atoms with van der Waals surface area (Å²) in [7, 11) is 0. The second-order valence-corrected chi connectivity index (χ2v) is 3.13. The molecule has 11 heavy (non-hydrogen) atoms. The van der Waals surface area contributed by atoms with Crippen LogP contribution in [0.15, 0.2) is 0 Å². The predicted molar refractivity (Wildman–Crippen MR) is 45.3 cm³/mol. The van der Waals surface area contributed by atoms with E-state index >= 15 is 0 Å². The van der Waals surface area contributed by atoms with Gasteiger partial charge in [-0.05, 0) is 13.8 Å². The summed E-state index contributed by atoms with van der Waals surface area (Å²) < 4.78 is 1.39. The molecule has 0 radical (unpaired) electrons. The zero-order valence-corrected chi connectivity index (χ0v) is 7.64. The Morgan fingerprint density at radius 1 is 1.09 bits per heavy atom. The first-order valence-corrected chi connectivity index (χ1v) is 4.40. The summed E-state index contributed by atoms with van der Waals surface area (Å²) in [5.74, 6) is 0. The van der Waals surface area contributed by atoms with Gasteiger partial charge in [-0.25, -0.2) is 0 Å². The van der Waals surface area contributed by atoms with Crippen molar-refractivity contribution < 1.29 is 4.48 Å². The smallest absolute Gasteiger partial charge is 0.0788 e. The average Bonchev–Trinajstić information content (AvgIpc) is 2.57. The zero-order chi connectivity index (χ0) is 8.74. The normalized spacial score (nSPS) is 20.4. The molecule has 1 rings (SSSR count). The fourth-order valence-electron chi connectivity index (χ4n) is 1.86. The fourth-order valence-corrected chi connectivity index (χ4v) is 1.86. The maximum atomic E-state index is 6.25. The Labute approximate surface area is 70.0 Å². The molecule has 64 valence electrons. The quantitative estimate of drug-likeness (QED) is 0.439. The number of hydrogen-bond acceptors (Lipinski definition) is 1. The third-order valence-corrected chi connectivity index (χ3v) is 2.86. The highest BCUT2D eigenvalue weighted by atomic mass is 15.4. The Morgan fingerprint density at radius 3 is 1.64 bits per heavy atom. The van der Waals surface area contributed by atoms with Crippen LogP contribution in [-0.4, -0.2) is 30.7 Å². The van der Waals surface area contributed by atoms with Crippen molar-refractivity contribution in [3.63, 3.8) is 0 Å². The number of nitrogens with zero attached hydrogens (tertiary/aromatic N) is 2. The summed E-state index contributed by atoms with van der Waals surface area (Å²) in [5.41, 5.74) is 0. The zero-order valence-electron chi connectivity index (χ0n) is 7.64. The molecule has 0 saturated carbocycles. The van der Waals surface area contributed by atoms with E-state index < -0.39 is 0 Å². The van der Waals surface area contributed by atoms with Gasteiger partial charge in [0.25, 0.3) is 0 Å². The highest BCUT2D eigenvalue weighted by molar-refractivity contribution is 4.51. The molecular formula is C9H18N2. The van der Waals surface area contributed by atoms with Gasteiger partial charge in [0, 0.05) is 12.8 Å². The van der Waals surface area contributed by atoms with Gasteiger partial charge >= 0.3 is 0 Å². The van der Waals surface area contributed by atoms with Crippen LogP contribution in [0.4, 0.5) is 0 Å². The molecule has 0 aromatic rings. The van der Waals surface area contributed by atoms with Crippen LogP contribution in [0.3, 0.4) is 0 Å². The average molecular weight is 154 g/mol. The lowest BCUT2D eigenvalue weighted by atomic mass is 10.4. The summed E-state index contributed by atoms with van der Waals surface area (Å²) in [6.07, 6.45) is 2.92. The minimum absolute atomic E-state index is 1.34. The first kappa shape index (κ1) is 10.4. The molecule has 0 spiro atoms. The summed E-state index contributed by atoms with van der Waals surface area (Å²) in [6, 6.07) is 0. The van der Waals surface area contributed by atoms with Crippen molar-refractivity contribution in [2.45, 2.75) is 26.7 Å². The van der Waals surface area contributed by atoms with Crippen LogP contribution in [0.2, 0.25) is 0 Å². The van der Waals surface area contributed by atoms with E-state index in [1.807, 2.05) is 0 Å². The molecule has 0 amide bonds. The summed E-state index contributed by atoms with van der Waals surface area (Å²) in [4.78, 5) is 0. The molecule has 0 aliphatic carbocycles. The predicted octanol–water partition coefficient (Wildman–Crippen LogP) is 1.73. The summed E-state index contributed by atoms with van der Waals surface area (Å²) in [5, 5.41) is 6.25. The molecule has 1 saturated heterocycles. The highest BCUT2D eigenvalue weighted by Crippen LogP contribution is 2.17. The molecule has 2 heteroatoms. The fraction of sp³-hybridized carbons (Fsp3) is 0.889. The standard InChI is InChI=1S/C8H18N.CN/c1-3-9(4-2)7-5-6-8-9;1-2/h3-8H2,1-2H3;/q+1;-1. The van der Waals surface area contributed by atoms with Gasteiger partial charge in [-0.3, -0.25) is 0 Å². The number of quaternary nitrogens is 1. The number of hydrogen-bond donors (Lipinski definition) is 0. The van der Waals surface area contributed by atoms with Gasteiger partial charge in [0.2, 0.25) is 0 Å². The van der Waals surface area contributed by atoms with Crippen molar-refractivity contribution in [3.05, 3.63) is 6.57 Å². The molecule has 1 aliphatic heterocycles.